The summed E-state index contributed by atoms with van der Waals surface area (Å²) in [7, 11) is 0. The topological polar surface area (TPSA) is 55.6 Å². The zero-order valence-electron chi connectivity index (χ0n) is 8.87. The lowest BCUT2D eigenvalue weighted by Crippen LogP contribution is -2.29. The SMILES string of the molecule is CCCOCCCN1CC(N)CC1=O. The molecule has 1 fully saturated rings. The minimum absolute atomic E-state index is 0.0408. The van der Waals surface area contributed by atoms with Crippen LogP contribution in [0.3, 0.4) is 0 Å². The monoisotopic (exact) mass is 200 g/mol. The molecular formula is C10H20N2O2. The van der Waals surface area contributed by atoms with Gasteiger partial charge < -0.3 is 15.4 Å². The van der Waals surface area contributed by atoms with E-state index in [2.05, 4.69) is 6.92 Å². The Bertz CT molecular complexity index is 185. The summed E-state index contributed by atoms with van der Waals surface area (Å²) >= 11 is 0. The highest BCUT2D eigenvalue weighted by molar-refractivity contribution is 5.79. The van der Waals surface area contributed by atoms with E-state index in [4.69, 9.17) is 10.5 Å². The number of hydrogen-bond acceptors (Lipinski definition) is 3. The molecule has 4 nitrogen and oxygen atoms in total. The van der Waals surface area contributed by atoms with Gasteiger partial charge in [-0.2, -0.15) is 0 Å². The van der Waals surface area contributed by atoms with Crippen molar-refractivity contribution < 1.29 is 9.53 Å². The van der Waals surface area contributed by atoms with E-state index in [1.165, 1.54) is 0 Å². The van der Waals surface area contributed by atoms with E-state index >= 15 is 0 Å². The standard InChI is InChI=1S/C10H20N2O2/c1-2-5-14-6-3-4-12-8-9(11)7-10(12)13/h9H,2-8,11H2,1H3. The first-order chi connectivity index (χ1) is 6.74. The molecule has 14 heavy (non-hydrogen) atoms. The molecule has 0 aromatic carbocycles. The van der Waals surface area contributed by atoms with Crippen LogP contribution in [0.15, 0.2) is 0 Å². The van der Waals surface area contributed by atoms with Gasteiger partial charge in [-0.15, -0.1) is 0 Å². The van der Waals surface area contributed by atoms with Crippen LogP contribution in [0.5, 0.6) is 0 Å². The van der Waals surface area contributed by atoms with Crippen molar-refractivity contribution in [2.75, 3.05) is 26.3 Å². The largest absolute Gasteiger partial charge is 0.381 e. The van der Waals surface area contributed by atoms with Gasteiger partial charge in [0.1, 0.15) is 0 Å². The van der Waals surface area contributed by atoms with E-state index in [-0.39, 0.29) is 11.9 Å². The van der Waals surface area contributed by atoms with Crippen molar-refractivity contribution in [3.63, 3.8) is 0 Å². The number of carbonyl (C=O) groups is 1. The van der Waals surface area contributed by atoms with Gasteiger partial charge in [-0.1, -0.05) is 6.92 Å². The van der Waals surface area contributed by atoms with E-state index in [1.54, 1.807) is 0 Å². The maximum absolute atomic E-state index is 11.3. The van der Waals surface area contributed by atoms with Gasteiger partial charge >= 0.3 is 0 Å². The summed E-state index contributed by atoms with van der Waals surface area (Å²) in [5, 5.41) is 0. The number of rotatable bonds is 6. The van der Waals surface area contributed by atoms with Gasteiger partial charge in [0, 0.05) is 38.8 Å². The van der Waals surface area contributed by atoms with Crippen LogP contribution in [-0.4, -0.2) is 43.2 Å². The van der Waals surface area contributed by atoms with Crippen molar-refractivity contribution in [2.45, 2.75) is 32.2 Å². The molecule has 0 radical (unpaired) electrons. The van der Waals surface area contributed by atoms with Crippen molar-refractivity contribution in [3.8, 4) is 0 Å². The van der Waals surface area contributed by atoms with Crippen molar-refractivity contribution in [2.24, 2.45) is 5.73 Å². The van der Waals surface area contributed by atoms with Crippen LogP contribution in [-0.2, 0) is 9.53 Å². The van der Waals surface area contributed by atoms with Gasteiger partial charge in [-0.25, -0.2) is 0 Å². The second kappa shape index (κ2) is 5.98. The summed E-state index contributed by atoms with van der Waals surface area (Å²) in [4.78, 5) is 13.1. The Kier molecular flexibility index (Phi) is 4.90. The Morgan fingerprint density at radius 1 is 1.57 bits per heavy atom. The molecule has 0 aromatic heterocycles. The molecule has 0 aliphatic carbocycles. The van der Waals surface area contributed by atoms with Gasteiger partial charge in [0.05, 0.1) is 0 Å². The molecule has 0 spiro atoms. The number of nitrogens with two attached hydrogens (primary N) is 1. The molecule has 1 heterocycles. The van der Waals surface area contributed by atoms with Gasteiger partial charge in [0.2, 0.25) is 5.91 Å². The van der Waals surface area contributed by atoms with Gasteiger partial charge in [0.25, 0.3) is 0 Å². The van der Waals surface area contributed by atoms with Crippen LogP contribution in [0, 0.1) is 0 Å². The fourth-order valence-electron chi connectivity index (χ4n) is 1.62. The number of ether oxygens (including phenoxy) is 1. The smallest absolute Gasteiger partial charge is 0.224 e. The van der Waals surface area contributed by atoms with Crippen molar-refractivity contribution in [3.05, 3.63) is 0 Å². The number of nitrogens with zero attached hydrogens (tertiary/aromatic N) is 1. The van der Waals surface area contributed by atoms with Crippen LogP contribution in [0.25, 0.3) is 0 Å². The van der Waals surface area contributed by atoms with Gasteiger partial charge in [-0.05, 0) is 12.8 Å². The normalized spacial score (nSPS) is 22.0. The van der Waals surface area contributed by atoms with E-state index in [9.17, 15) is 4.79 Å². The molecule has 1 atom stereocenters. The molecule has 2 N–H and O–H groups in total. The fraction of sp³-hybridized carbons (Fsp3) is 0.900. The number of amides is 1. The number of hydrogen-bond donors (Lipinski definition) is 1. The maximum Gasteiger partial charge on any atom is 0.224 e. The Balaban J connectivity index is 2.04. The highest BCUT2D eigenvalue weighted by Gasteiger charge is 2.25. The van der Waals surface area contributed by atoms with Crippen molar-refractivity contribution >= 4 is 5.91 Å². The highest BCUT2D eigenvalue weighted by Crippen LogP contribution is 2.09. The number of carbonyl (C=O) groups excluding carboxylic acids is 1. The zero-order chi connectivity index (χ0) is 10.4. The van der Waals surface area contributed by atoms with Crippen molar-refractivity contribution in [1.82, 2.24) is 4.90 Å². The third kappa shape index (κ3) is 3.64. The first-order valence-corrected chi connectivity index (χ1v) is 5.35. The average Bonchev–Trinajstić information content (AvgIpc) is 2.45. The minimum Gasteiger partial charge on any atom is -0.381 e. The summed E-state index contributed by atoms with van der Waals surface area (Å²) in [6, 6.07) is 0.0408. The lowest BCUT2D eigenvalue weighted by molar-refractivity contribution is -0.127. The zero-order valence-corrected chi connectivity index (χ0v) is 8.87. The molecule has 1 amide bonds. The molecule has 1 aliphatic rings. The summed E-state index contributed by atoms with van der Waals surface area (Å²) < 4.78 is 5.34. The summed E-state index contributed by atoms with van der Waals surface area (Å²) in [5.41, 5.74) is 5.67. The second-order valence-electron chi connectivity index (χ2n) is 3.77. The highest BCUT2D eigenvalue weighted by atomic mass is 16.5. The Labute approximate surface area is 85.4 Å². The molecule has 1 rings (SSSR count). The Morgan fingerprint density at radius 3 is 2.93 bits per heavy atom. The van der Waals surface area contributed by atoms with Crippen LogP contribution in [0.2, 0.25) is 0 Å². The average molecular weight is 200 g/mol. The second-order valence-corrected chi connectivity index (χ2v) is 3.77. The van der Waals surface area contributed by atoms with E-state index in [1.807, 2.05) is 4.90 Å². The Hall–Kier alpha value is -0.610. The van der Waals surface area contributed by atoms with Gasteiger partial charge in [-0.3, -0.25) is 4.79 Å². The summed E-state index contributed by atoms with van der Waals surface area (Å²) in [5.74, 6) is 0.188. The first kappa shape index (κ1) is 11.5. The molecule has 0 aromatic rings. The molecule has 1 unspecified atom stereocenters. The predicted molar refractivity (Wildman–Crippen MR) is 54.9 cm³/mol. The summed E-state index contributed by atoms with van der Waals surface area (Å²) in [6.07, 6.45) is 2.47. The van der Waals surface area contributed by atoms with E-state index < -0.39 is 0 Å². The van der Waals surface area contributed by atoms with Crippen LogP contribution < -0.4 is 5.73 Å². The molecule has 0 saturated carbocycles. The molecule has 4 heteroatoms. The van der Waals surface area contributed by atoms with Crippen LogP contribution in [0.1, 0.15) is 26.2 Å². The van der Waals surface area contributed by atoms with Gasteiger partial charge in [0.15, 0.2) is 0 Å². The van der Waals surface area contributed by atoms with E-state index in [0.717, 1.165) is 32.6 Å². The third-order valence-electron chi connectivity index (χ3n) is 2.31. The first-order valence-electron chi connectivity index (χ1n) is 5.35. The fourth-order valence-corrected chi connectivity index (χ4v) is 1.62. The molecule has 1 aliphatic heterocycles. The lowest BCUT2D eigenvalue weighted by atomic mass is 10.3. The number of likely N-dealkylation sites (tertiary alicyclic amines) is 1. The van der Waals surface area contributed by atoms with E-state index in [0.29, 0.717) is 13.0 Å². The summed E-state index contributed by atoms with van der Waals surface area (Å²) in [6.45, 7) is 5.15. The van der Waals surface area contributed by atoms with Crippen LogP contribution >= 0.6 is 0 Å². The van der Waals surface area contributed by atoms with Crippen LogP contribution in [0.4, 0.5) is 0 Å². The van der Waals surface area contributed by atoms with Crippen molar-refractivity contribution in [1.29, 1.82) is 0 Å². The predicted octanol–water partition coefficient (Wildman–Crippen LogP) is 0.363. The molecular weight excluding hydrogens is 180 g/mol. The lowest BCUT2D eigenvalue weighted by Gasteiger charge is -2.15. The molecule has 1 saturated heterocycles. The molecule has 0 bridgehead atoms. The quantitative estimate of drug-likeness (QED) is 0.630. The Morgan fingerprint density at radius 2 is 2.36 bits per heavy atom. The third-order valence-corrected chi connectivity index (χ3v) is 2.31. The maximum atomic E-state index is 11.3. The minimum atomic E-state index is 0.0408. The molecule has 82 valence electrons.